The smallest absolute Gasteiger partial charge is 0.244 e. The molecule has 190 valence electrons. The Morgan fingerprint density at radius 3 is 2.31 bits per heavy atom. The maximum atomic E-state index is 14.5. The zero-order valence-corrected chi connectivity index (χ0v) is 22.3. The second-order valence-corrected chi connectivity index (χ2v) is 11.7. The second-order valence-electron chi connectivity index (χ2n) is 8.89. The van der Waals surface area contributed by atoms with Crippen molar-refractivity contribution in [3.8, 4) is 0 Å². The Balaban J connectivity index is 1.87. The van der Waals surface area contributed by atoms with Gasteiger partial charge in [-0.15, -0.1) is 0 Å². The molecule has 1 N–H and O–H groups in total. The van der Waals surface area contributed by atoms with Crippen LogP contribution in [0.15, 0.2) is 53.0 Å². The number of hydrogen-bond acceptors (Lipinski definition) is 4. The Labute approximate surface area is 214 Å². The molecule has 2 amide bonds. The summed E-state index contributed by atoms with van der Waals surface area (Å²) in [5.41, 5.74) is 0.557. The molecule has 0 heterocycles. The van der Waals surface area contributed by atoms with Crippen molar-refractivity contribution in [3.63, 3.8) is 0 Å². The molecule has 7 nitrogen and oxygen atoms in total. The van der Waals surface area contributed by atoms with Crippen LogP contribution < -0.4 is 9.62 Å². The summed E-state index contributed by atoms with van der Waals surface area (Å²) < 4.78 is 41.1. The highest BCUT2D eigenvalue weighted by Gasteiger charge is 2.31. The number of nitrogens with one attached hydrogen (secondary N) is 1. The van der Waals surface area contributed by atoms with E-state index in [1.165, 1.54) is 23.1 Å². The number of hydrogen-bond donors (Lipinski definition) is 1. The third kappa shape index (κ3) is 7.51. The van der Waals surface area contributed by atoms with Crippen LogP contribution in [0, 0.1) is 5.82 Å². The van der Waals surface area contributed by atoms with Crippen molar-refractivity contribution >= 4 is 43.5 Å². The van der Waals surface area contributed by atoms with E-state index < -0.39 is 34.3 Å². The van der Waals surface area contributed by atoms with Gasteiger partial charge in [-0.3, -0.25) is 13.9 Å². The molecule has 0 radical (unpaired) electrons. The molecular formula is C25H31BrFN3O4S. The minimum Gasteiger partial charge on any atom is -0.352 e. The zero-order valence-electron chi connectivity index (χ0n) is 19.9. The molecule has 10 heteroatoms. The highest BCUT2D eigenvalue weighted by Crippen LogP contribution is 2.23. The standard InChI is InChI=1S/C25H31BrFN3O4S/c1-18(25(32)28-21-8-4-3-5-9-21)29(16-19-12-14-20(26)15-13-19)24(31)17-30(35(2,33)34)23-11-7-6-10-22(23)27/h6-7,10-15,18,21H,3-5,8-9,16-17H2,1-2H3,(H,28,32)/t18-/m0/s1. The van der Waals surface area contributed by atoms with E-state index in [1.54, 1.807) is 6.92 Å². The summed E-state index contributed by atoms with van der Waals surface area (Å²) in [5.74, 6) is -1.65. The Kier molecular flexibility index (Phi) is 9.29. The molecule has 35 heavy (non-hydrogen) atoms. The molecule has 1 saturated carbocycles. The van der Waals surface area contributed by atoms with Crippen LogP contribution in [0.1, 0.15) is 44.6 Å². The van der Waals surface area contributed by atoms with Crippen LogP contribution >= 0.6 is 15.9 Å². The molecule has 0 spiro atoms. The average molecular weight is 569 g/mol. The summed E-state index contributed by atoms with van der Waals surface area (Å²) >= 11 is 3.38. The summed E-state index contributed by atoms with van der Waals surface area (Å²) in [6.45, 7) is 1.10. The van der Waals surface area contributed by atoms with Crippen LogP contribution in [-0.4, -0.2) is 50.0 Å². The summed E-state index contributed by atoms with van der Waals surface area (Å²) in [6, 6.07) is 11.9. The molecule has 2 aromatic carbocycles. The maximum Gasteiger partial charge on any atom is 0.244 e. The van der Waals surface area contributed by atoms with Crippen LogP contribution in [0.4, 0.5) is 10.1 Å². The first-order valence-corrected chi connectivity index (χ1v) is 14.3. The molecule has 0 saturated heterocycles. The number of carbonyl (C=O) groups excluding carboxylic acids is 2. The van der Waals surface area contributed by atoms with Crippen LogP contribution in [0.25, 0.3) is 0 Å². The van der Waals surface area contributed by atoms with Crippen molar-refractivity contribution in [2.75, 3.05) is 17.1 Å². The van der Waals surface area contributed by atoms with E-state index in [-0.39, 0.29) is 24.2 Å². The zero-order chi connectivity index (χ0) is 25.6. The number of nitrogens with zero attached hydrogens (tertiary/aromatic N) is 2. The minimum atomic E-state index is -3.98. The molecule has 1 atom stereocenters. The first kappa shape index (κ1) is 27.1. The first-order valence-electron chi connectivity index (χ1n) is 11.6. The third-order valence-corrected chi connectivity index (χ3v) is 7.84. The highest BCUT2D eigenvalue weighted by molar-refractivity contribution is 9.10. The van der Waals surface area contributed by atoms with E-state index in [9.17, 15) is 22.4 Å². The van der Waals surface area contributed by atoms with Crippen LogP contribution in [-0.2, 0) is 26.2 Å². The molecular weight excluding hydrogens is 537 g/mol. The normalized spacial score (nSPS) is 15.3. The van der Waals surface area contributed by atoms with Gasteiger partial charge in [0.25, 0.3) is 0 Å². The fraction of sp³-hybridized carbons (Fsp3) is 0.440. The number of sulfonamides is 1. The molecule has 1 aliphatic carbocycles. The van der Waals surface area contributed by atoms with Gasteiger partial charge in [0, 0.05) is 17.1 Å². The minimum absolute atomic E-state index is 0.0641. The monoisotopic (exact) mass is 567 g/mol. The van der Waals surface area contributed by atoms with Gasteiger partial charge < -0.3 is 10.2 Å². The summed E-state index contributed by atoms with van der Waals surface area (Å²) in [5, 5.41) is 3.04. The molecule has 0 aromatic heterocycles. The van der Waals surface area contributed by atoms with Gasteiger partial charge in [-0.05, 0) is 49.6 Å². The van der Waals surface area contributed by atoms with Crippen LogP contribution in [0.5, 0.6) is 0 Å². The van der Waals surface area contributed by atoms with Crippen LogP contribution in [0.2, 0.25) is 0 Å². The Morgan fingerprint density at radius 2 is 1.71 bits per heavy atom. The van der Waals surface area contributed by atoms with Gasteiger partial charge >= 0.3 is 0 Å². The summed E-state index contributed by atoms with van der Waals surface area (Å²) in [6.07, 6.45) is 5.96. The number of anilines is 1. The van der Waals surface area contributed by atoms with Gasteiger partial charge in [-0.25, -0.2) is 12.8 Å². The fourth-order valence-corrected chi connectivity index (χ4v) is 5.30. The van der Waals surface area contributed by atoms with Gasteiger partial charge in [-0.1, -0.05) is 59.5 Å². The van der Waals surface area contributed by atoms with Crippen molar-refractivity contribution in [2.45, 2.75) is 57.7 Å². The van der Waals surface area contributed by atoms with Crippen molar-refractivity contribution in [1.82, 2.24) is 10.2 Å². The molecule has 1 fully saturated rings. The fourth-order valence-electron chi connectivity index (χ4n) is 4.19. The van der Waals surface area contributed by atoms with E-state index in [0.29, 0.717) is 0 Å². The maximum absolute atomic E-state index is 14.5. The first-order chi connectivity index (χ1) is 16.6. The third-order valence-electron chi connectivity index (χ3n) is 6.19. The summed E-state index contributed by atoms with van der Waals surface area (Å²) in [4.78, 5) is 28.0. The number of carbonyl (C=O) groups is 2. The number of halogens is 2. The molecule has 0 aliphatic heterocycles. The lowest BCUT2D eigenvalue weighted by atomic mass is 9.95. The molecule has 3 rings (SSSR count). The van der Waals surface area contributed by atoms with Crippen LogP contribution in [0.3, 0.4) is 0 Å². The molecule has 2 aromatic rings. The average Bonchev–Trinajstić information content (AvgIpc) is 2.82. The Hall–Kier alpha value is -2.46. The van der Waals surface area contributed by atoms with Gasteiger partial charge in [-0.2, -0.15) is 0 Å². The lowest BCUT2D eigenvalue weighted by molar-refractivity contribution is -0.139. The second kappa shape index (κ2) is 12.0. The van der Waals surface area contributed by atoms with E-state index in [2.05, 4.69) is 21.2 Å². The topological polar surface area (TPSA) is 86.8 Å². The van der Waals surface area contributed by atoms with E-state index in [1.807, 2.05) is 24.3 Å². The van der Waals surface area contributed by atoms with E-state index >= 15 is 0 Å². The van der Waals surface area contributed by atoms with E-state index in [4.69, 9.17) is 0 Å². The Morgan fingerprint density at radius 1 is 1.09 bits per heavy atom. The van der Waals surface area contributed by atoms with Crippen molar-refractivity contribution in [3.05, 3.63) is 64.4 Å². The highest BCUT2D eigenvalue weighted by atomic mass is 79.9. The number of benzene rings is 2. The lowest BCUT2D eigenvalue weighted by Gasteiger charge is -2.33. The van der Waals surface area contributed by atoms with Gasteiger partial charge in [0.05, 0.1) is 11.9 Å². The number of amides is 2. The van der Waals surface area contributed by atoms with Gasteiger partial charge in [0.15, 0.2) is 0 Å². The molecule has 0 bridgehead atoms. The Bertz CT molecular complexity index is 1140. The van der Waals surface area contributed by atoms with Crippen molar-refractivity contribution in [1.29, 1.82) is 0 Å². The van der Waals surface area contributed by atoms with Crippen molar-refractivity contribution in [2.24, 2.45) is 0 Å². The largest absolute Gasteiger partial charge is 0.352 e. The SMILES string of the molecule is C[C@@H](C(=O)NC1CCCCC1)N(Cc1ccc(Br)cc1)C(=O)CN(c1ccccc1F)S(C)(=O)=O. The predicted molar refractivity (Wildman–Crippen MR) is 138 cm³/mol. The van der Waals surface area contributed by atoms with Gasteiger partial charge in [0.2, 0.25) is 21.8 Å². The summed E-state index contributed by atoms with van der Waals surface area (Å²) in [7, 11) is -3.98. The predicted octanol–water partition coefficient (Wildman–Crippen LogP) is 4.22. The van der Waals surface area contributed by atoms with Crippen molar-refractivity contribution < 1.29 is 22.4 Å². The number of rotatable bonds is 9. The van der Waals surface area contributed by atoms with E-state index in [0.717, 1.165) is 58.8 Å². The molecule has 0 unspecified atom stereocenters. The number of para-hydroxylation sites is 1. The lowest BCUT2D eigenvalue weighted by Crippen LogP contribution is -2.53. The quantitative estimate of drug-likeness (QED) is 0.491. The van der Waals surface area contributed by atoms with Gasteiger partial charge in [0.1, 0.15) is 18.4 Å². The molecule has 1 aliphatic rings.